The molecule has 1 amide bonds. The highest BCUT2D eigenvalue weighted by Gasteiger charge is 2.10. The van der Waals surface area contributed by atoms with Crippen LogP contribution in [0, 0.1) is 5.82 Å². The molecule has 34 heavy (non-hydrogen) atoms. The zero-order valence-corrected chi connectivity index (χ0v) is 18.8. The molecule has 0 aliphatic rings. The van der Waals surface area contributed by atoms with Crippen LogP contribution in [-0.2, 0) is 22.9 Å². The first kappa shape index (κ1) is 23.3. The molecule has 176 valence electrons. The van der Waals surface area contributed by atoms with Crippen LogP contribution < -0.4 is 15.8 Å². The molecule has 0 atom stereocenters. The second-order valence-electron chi connectivity index (χ2n) is 7.48. The summed E-state index contributed by atoms with van der Waals surface area (Å²) in [7, 11) is -3.71. The molecule has 0 aliphatic carbocycles. The van der Waals surface area contributed by atoms with Crippen molar-refractivity contribution in [1.29, 1.82) is 0 Å². The second-order valence-corrected chi connectivity index (χ2v) is 9.04. The molecule has 4 N–H and O–H groups in total. The molecule has 0 saturated carbocycles. The number of benzene rings is 2. The first-order valence-electron chi connectivity index (χ1n) is 10.4. The Kier molecular flexibility index (Phi) is 6.80. The Labute approximate surface area is 195 Å². The number of nitrogens with two attached hydrogens (primary N) is 1. The van der Waals surface area contributed by atoms with E-state index < -0.39 is 15.8 Å². The Balaban J connectivity index is 1.32. The van der Waals surface area contributed by atoms with E-state index in [2.05, 4.69) is 25.9 Å². The quantitative estimate of drug-likeness (QED) is 0.327. The molecule has 0 saturated heterocycles. The summed E-state index contributed by atoms with van der Waals surface area (Å²) in [6.07, 6.45) is 1.05. The van der Waals surface area contributed by atoms with E-state index in [0.29, 0.717) is 48.8 Å². The van der Waals surface area contributed by atoms with Crippen molar-refractivity contribution in [1.82, 2.24) is 25.1 Å². The summed E-state index contributed by atoms with van der Waals surface area (Å²) in [6.45, 7) is 0.878. The van der Waals surface area contributed by atoms with E-state index >= 15 is 0 Å². The summed E-state index contributed by atoms with van der Waals surface area (Å²) in [5.41, 5.74) is 1.89. The standard InChI is InChI=1S/C22H22FN7O3S/c23-17-5-3-16(4-6-17)22(31)26-14-12-21-28-27-20-10-9-19(29-30(20)21)25-13-11-15-1-7-18(8-2-15)34(24,32)33/h1-10H,11-14H2,(H,25,29)(H,26,31)(H2,24,32,33). The smallest absolute Gasteiger partial charge is 0.251 e. The SMILES string of the molecule is NS(=O)(=O)c1ccc(CCNc2ccc3nnc(CCNC(=O)c4ccc(F)cc4)n3n2)cc1. The fourth-order valence-electron chi connectivity index (χ4n) is 3.26. The first-order chi connectivity index (χ1) is 16.3. The van der Waals surface area contributed by atoms with E-state index in [1.165, 1.54) is 36.4 Å². The van der Waals surface area contributed by atoms with Crippen LogP contribution >= 0.6 is 0 Å². The summed E-state index contributed by atoms with van der Waals surface area (Å²) < 4.78 is 37.3. The van der Waals surface area contributed by atoms with Gasteiger partial charge in [-0.3, -0.25) is 4.79 Å². The van der Waals surface area contributed by atoms with Gasteiger partial charge in [0.15, 0.2) is 11.5 Å². The molecule has 0 aliphatic heterocycles. The molecule has 0 bridgehead atoms. The Morgan fingerprint density at radius 2 is 1.68 bits per heavy atom. The fourth-order valence-corrected chi connectivity index (χ4v) is 3.77. The maximum absolute atomic E-state index is 13.0. The molecule has 4 rings (SSSR count). The highest BCUT2D eigenvalue weighted by atomic mass is 32.2. The van der Waals surface area contributed by atoms with Gasteiger partial charge in [-0.25, -0.2) is 17.9 Å². The van der Waals surface area contributed by atoms with Crippen LogP contribution in [0.4, 0.5) is 10.2 Å². The number of nitrogens with one attached hydrogen (secondary N) is 2. The largest absolute Gasteiger partial charge is 0.368 e. The molecule has 12 heteroatoms. The minimum absolute atomic E-state index is 0.0744. The third-order valence-corrected chi connectivity index (χ3v) is 5.97. The van der Waals surface area contributed by atoms with Crippen LogP contribution in [-0.4, -0.2) is 47.2 Å². The van der Waals surface area contributed by atoms with Crippen molar-refractivity contribution < 1.29 is 17.6 Å². The van der Waals surface area contributed by atoms with Crippen molar-refractivity contribution >= 4 is 27.4 Å². The number of aromatic nitrogens is 4. The highest BCUT2D eigenvalue weighted by Crippen LogP contribution is 2.11. The average Bonchev–Trinajstić information content (AvgIpc) is 3.21. The molecule has 0 radical (unpaired) electrons. The number of amides is 1. The lowest BCUT2D eigenvalue weighted by atomic mass is 10.1. The van der Waals surface area contributed by atoms with Crippen LogP contribution in [0.3, 0.4) is 0 Å². The van der Waals surface area contributed by atoms with Gasteiger partial charge in [0, 0.05) is 25.1 Å². The number of sulfonamides is 1. The number of fused-ring (bicyclic) bond motifs is 1. The van der Waals surface area contributed by atoms with Gasteiger partial charge in [0.1, 0.15) is 11.6 Å². The Hall–Kier alpha value is -3.90. The van der Waals surface area contributed by atoms with Gasteiger partial charge in [-0.2, -0.15) is 4.52 Å². The number of nitrogens with zero attached hydrogens (tertiary/aromatic N) is 4. The molecule has 4 aromatic rings. The van der Waals surface area contributed by atoms with Gasteiger partial charge in [-0.1, -0.05) is 12.1 Å². The van der Waals surface area contributed by atoms with Gasteiger partial charge in [-0.05, 0) is 60.5 Å². The van der Waals surface area contributed by atoms with Crippen LogP contribution in [0.1, 0.15) is 21.7 Å². The van der Waals surface area contributed by atoms with Crippen molar-refractivity contribution in [3.8, 4) is 0 Å². The second kappa shape index (κ2) is 9.93. The molecule has 0 spiro atoms. The molecule has 0 unspecified atom stereocenters. The molecular weight excluding hydrogens is 461 g/mol. The van der Waals surface area contributed by atoms with E-state index in [9.17, 15) is 17.6 Å². The summed E-state index contributed by atoms with van der Waals surface area (Å²) in [4.78, 5) is 12.2. The lowest BCUT2D eigenvalue weighted by molar-refractivity contribution is 0.0954. The number of anilines is 1. The van der Waals surface area contributed by atoms with Crippen molar-refractivity contribution in [2.45, 2.75) is 17.7 Å². The summed E-state index contributed by atoms with van der Waals surface area (Å²) in [5.74, 6) is 0.491. The molecule has 2 aromatic heterocycles. The van der Waals surface area contributed by atoms with Gasteiger partial charge in [0.2, 0.25) is 10.0 Å². The zero-order valence-electron chi connectivity index (χ0n) is 18.0. The van der Waals surface area contributed by atoms with Crippen LogP contribution in [0.15, 0.2) is 65.6 Å². The zero-order chi connectivity index (χ0) is 24.1. The predicted molar refractivity (Wildman–Crippen MR) is 123 cm³/mol. The van der Waals surface area contributed by atoms with Gasteiger partial charge >= 0.3 is 0 Å². The summed E-state index contributed by atoms with van der Waals surface area (Å²) in [6, 6.07) is 15.3. The Morgan fingerprint density at radius 3 is 2.38 bits per heavy atom. The topological polar surface area (TPSA) is 144 Å². The Morgan fingerprint density at radius 1 is 0.941 bits per heavy atom. The van der Waals surface area contributed by atoms with Crippen LogP contribution in [0.2, 0.25) is 0 Å². The molecule has 2 heterocycles. The predicted octanol–water partition coefficient (Wildman–Crippen LogP) is 1.54. The van der Waals surface area contributed by atoms with E-state index in [-0.39, 0.29) is 10.8 Å². The number of rotatable bonds is 9. The lowest BCUT2D eigenvalue weighted by Gasteiger charge is -2.08. The lowest BCUT2D eigenvalue weighted by Crippen LogP contribution is -2.26. The third kappa shape index (κ3) is 5.71. The highest BCUT2D eigenvalue weighted by molar-refractivity contribution is 7.89. The maximum atomic E-state index is 13.0. The average molecular weight is 484 g/mol. The minimum atomic E-state index is -3.71. The van der Waals surface area contributed by atoms with E-state index in [0.717, 1.165) is 5.56 Å². The third-order valence-electron chi connectivity index (χ3n) is 5.04. The van der Waals surface area contributed by atoms with Crippen molar-refractivity contribution in [3.63, 3.8) is 0 Å². The number of hydrogen-bond acceptors (Lipinski definition) is 7. The van der Waals surface area contributed by atoms with Crippen molar-refractivity contribution in [3.05, 3.63) is 83.4 Å². The normalized spacial score (nSPS) is 11.5. The first-order valence-corrected chi connectivity index (χ1v) is 11.9. The van der Waals surface area contributed by atoms with Crippen LogP contribution in [0.5, 0.6) is 0 Å². The van der Waals surface area contributed by atoms with Crippen molar-refractivity contribution in [2.75, 3.05) is 18.4 Å². The molecule has 10 nitrogen and oxygen atoms in total. The van der Waals surface area contributed by atoms with Gasteiger partial charge < -0.3 is 10.6 Å². The fraction of sp³-hybridized carbons (Fsp3) is 0.182. The maximum Gasteiger partial charge on any atom is 0.251 e. The summed E-state index contributed by atoms with van der Waals surface area (Å²) >= 11 is 0. The van der Waals surface area contributed by atoms with E-state index in [4.69, 9.17) is 5.14 Å². The van der Waals surface area contributed by atoms with Crippen LogP contribution in [0.25, 0.3) is 5.65 Å². The number of halogens is 1. The van der Waals surface area contributed by atoms with E-state index in [1.807, 2.05) is 0 Å². The number of carbonyl (C=O) groups is 1. The van der Waals surface area contributed by atoms with Gasteiger partial charge in [0.05, 0.1) is 4.90 Å². The minimum Gasteiger partial charge on any atom is -0.368 e. The number of carbonyl (C=O) groups excluding carboxylic acids is 1. The molecular formula is C22H22FN7O3S. The van der Waals surface area contributed by atoms with Gasteiger partial charge in [-0.15, -0.1) is 15.3 Å². The Bertz CT molecular complexity index is 1400. The molecule has 2 aromatic carbocycles. The number of hydrogen-bond donors (Lipinski definition) is 3. The van der Waals surface area contributed by atoms with E-state index in [1.54, 1.807) is 28.8 Å². The monoisotopic (exact) mass is 483 g/mol. The van der Waals surface area contributed by atoms with Crippen molar-refractivity contribution in [2.24, 2.45) is 5.14 Å². The van der Waals surface area contributed by atoms with Gasteiger partial charge in [0.25, 0.3) is 5.91 Å². The number of primary sulfonamides is 1. The molecule has 0 fully saturated rings. The summed E-state index contributed by atoms with van der Waals surface area (Å²) in [5, 5.41) is 23.8.